The summed E-state index contributed by atoms with van der Waals surface area (Å²) in [5, 5.41) is 0. The van der Waals surface area contributed by atoms with Gasteiger partial charge < -0.3 is 9.47 Å². The highest BCUT2D eigenvalue weighted by Crippen LogP contribution is 2.23. The van der Waals surface area contributed by atoms with Gasteiger partial charge in [0.15, 0.2) is 0 Å². The smallest absolute Gasteiger partial charge is 0.263 e. The van der Waals surface area contributed by atoms with E-state index in [1.807, 2.05) is 26.0 Å². The summed E-state index contributed by atoms with van der Waals surface area (Å²) in [7, 11) is 1.70. The zero-order chi connectivity index (χ0) is 19.6. The molecule has 0 bridgehead atoms. The van der Waals surface area contributed by atoms with E-state index in [-0.39, 0.29) is 22.8 Å². The van der Waals surface area contributed by atoms with Gasteiger partial charge in [-0.2, -0.15) is 0 Å². The first kappa shape index (κ1) is 19.3. The van der Waals surface area contributed by atoms with Crippen molar-refractivity contribution in [3.8, 4) is 0 Å². The minimum absolute atomic E-state index is 0.167. The molecule has 5 heteroatoms. The van der Waals surface area contributed by atoms with Crippen LogP contribution in [0.2, 0.25) is 0 Å². The highest BCUT2D eigenvalue weighted by atomic mass is 19.1. The highest BCUT2D eigenvalue weighted by Gasteiger charge is 2.26. The lowest BCUT2D eigenvalue weighted by atomic mass is 9.91. The fourth-order valence-corrected chi connectivity index (χ4v) is 3.85. The van der Waals surface area contributed by atoms with Crippen LogP contribution in [0.15, 0.2) is 35.1 Å². The molecule has 3 rings (SSSR count). The number of hydrogen-bond donors (Lipinski definition) is 0. The predicted octanol–water partition coefficient (Wildman–Crippen LogP) is 3.63. The first-order valence-corrected chi connectivity index (χ1v) is 9.58. The number of aryl methyl sites for hydroxylation is 2. The highest BCUT2D eigenvalue weighted by molar-refractivity contribution is 5.94. The first-order chi connectivity index (χ1) is 12.9. The Bertz CT molecular complexity index is 904. The summed E-state index contributed by atoms with van der Waals surface area (Å²) in [5.74, 6) is -0.0214. The fraction of sp³-hybridized carbons (Fsp3) is 0.455. The number of pyridine rings is 1. The SMILES string of the molecule is Cc1cc(C(=O)N2CCC[C@@H](CCc3ccccc3F)C2)c(=O)n(C)c1C. The van der Waals surface area contributed by atoms with Gasteiger partial charge >= 0.3 is 0 Å². The van der Waals surface area contributed by atoms with Gasteiger partial charge in [-0.3, -0.25) is 9.59 Å². The predicted molar refractivity (Wildman–Crippen MR) is 105 cm³/mol. The number of nitrogens with zero attached hydrogens (tertiary/aromatic N) is 2. The van der Waals surface area contributed by atoms with Gasteiger partial charge in [-0.15, -0.1) is 0 Å². The van der Waals surface area contributed by atoms with Crippen molar-refractivity contribution in [2.24, 2.45) is 13.0 Å². The number of likely N-dealkylation sites (tertiary alicyclic amines) is 1. The Kier molecular flexibility index (Phi) is 5.78. The van der Waals surface area contributed by atoms with E-state index in [9.17, 15) is 14.0 Å². The van der Waals surface area contributed by atoms with E-state index in [0.29, 0.717) is 25.4 Å². The molecule has 1 aromatic heterocycles. The molecule has 0 spiro atoms. The quantitative estimate of drug-likeness (QED) is 0.825. The van der Waals surface area contributed by atoms with E-state index < -0.39 is 0 Å². The van der Waals surface area contributed by atoms with Crippen molar-refractivity contribution < 1.29 is 9.18 Å². The number of carbonyl (C=O) groups is 1. The molecule has 144 valence electrons. The van der Waals surface area contributed by atoms with Gasteiger partial charge in [0.2, 0.25) is 0 Å². The van der Waals surface area contributed by atoms with E-state index in [4.69, 9.17) is 0 Å². The standard InChI is InChI=1S/C22H27FN2O2/c1-15-13-19(21(26)24(3)16(15)2)22(27)25-12-6-7-17(14-25)10-11-18-8-4-5-9-20(18)23/h4-5,8-9,13,17H,6-7,10-12,14H2,1-3H3/t17-/m0/s1. The molecule has 0 saturated carbocycles. The molecule has 1 aliphatic rings. The Balaban J connectivity index is 1.70. The van der Waals surface area contributed by atoms with Gasteiger partial charge in [-0.25, -0.2) is 4.39 Å². The average molecular weight is 370 g/mol. The van der Waals surface area contributed by atoms with Gasteiger partial charge in [-0.05, 0) is 68.7 Å². The van der Waals surface area contributed by atoms with Gasteiger partial charge in [0.05, 0.1) is 0 Å². The Labute approximate surface area is 159 Å². The zero-order valence-electron chi connectivity index (χ0n) is 16.3. The topological polar surface area (TPSA) is 42.3 Å². The van der Waals surface area contributed by atoms with Crippen LogP contribution in [0, 0.1) is 25.6 Å². The Morgan fingerprint density at radius 1 is 1.26 bits per heavy atom. The van der Waals surface area contributed by atoms with Crippen LogP contribution >= 0.6 is 0 Å². The minimum atomic E-state index is -0.239. The summed E-state index contributed by atoms with van der Waals surface area (Å²) in [5.41, 5.74) is 2.54. The third-order valence-electron chi connectivity index (χ3n) is 5.79. The molecule has 2 aromatic rings. The second kappa shape index (κ2) is 8.07. The summed E-state index contributed by atoms with van der Waals surface area (Å²) in [4.78, 5) is 27.3. The van der Waals surface area contributed by atoms with Crippen LogP contribution in [0.4, 0.5) is 4.39 Å². The molecule has 27 heavy (non-hydrogen) atoms. The molecule has 1 amide bonds. The second-order valence-electron chi connectivity index (χ2n) is 7.58. The first-order valence-electron chi connectivity index (χ1n) is 9.58. The molecule has 0 aliphatic carbocycles. The molecule has 1 atom stereocenters. The Morgan fingerprint density at radius 3 is 2.74 bits per heavy atom. The minimum Gasteiger partial charge on any atom is -0.338 e. The molecule has 0 unspecified atom stereocenters. The molecule has 1 fully saturated rings. The third kappa shape index (κ3) is 4.12. The molecular formula is C22H27FN2O2. The number of hydrogen-bond acceptors (Lipinski definition) is 2. The van der Waals surface area contributed by atoms with Gasteiger partial charge in [0.1, 0.15) is 11.4 Å². The largest absolute Gasteiger partial charge is 0.338 e. The maximum absolute atomic E-state index is 13.8. The maximum Gasteiger partial charge on any atom is 0.263 e. The number of aromatic nitrogens is 1. The third-order valence-corrected chi connectivity index (χ3v) is 5.79. The number of halogens is 1. The fourth-order valence-electron chi connectivity index (χ4n) is 3.85. The Morgan fingerprint density at radius 2 is 2.00 bits per heavy atom. The molecule has 1 aliphatic heterocycles. The van der Waals surface area contributed by atoms with Gasteiger partial charge in [0.25, 0.3) is 11.5 Å². The molecule has 0 N–H and O–H groups in total. The van der Waals surface area contributed by atoms with Crippen molar-refractivity contribution in [1.82, 2.24) is 9.47 Å². The van der Waals surface area contributed by atoms with Crippen LogP contribution in [0.25, 0.3) is 0 Å². The summed E-state index contributed by atoms with van der Waals surface area (Å²) < 4.78 is 15.4. The lowest BCUT2D eigenvalue weighted by Gasteiger charge is -2.33. The molecule has 4 nitrogen and oxygen atoms in total. The van der Waals surface area contributed by atoms with E-state index in [0.717, 1.165) is 36.1 Å². The van der Waals surface area contributed by atoms with E-state index in [2.05, 4.69) is 0 Å². The number of amides is 1. The average Bonchev–Trinajstić information content (AvgIpc) is 2.68. The summed E-state index contributed by atoms with van der Waals surface area (Å²) in [6.45, 7) is 5.10. The van der Waals surface area contributed by atoms with Gasteiger partial charge in [-0.1, -0.05) is 18.2 Å². The monoisotopic (exact) mass is 370 g/mol. The summed E-state index contributed by atoms with van der Waals surface area (Å²) in [6, 6.07) is 8.57. The number of benzene rings is 1. The van der Waals surface area contributed by atoms with Crippen LogP contribution in [0.3, 0.4) is 0 Å². The van der Waals surface area contributed by atoms with E-state index in [1.165, 1.54) is 6.07 Å². The summed E-state index contributed by atoms with van der Waals surface area (Å²) >= 11 is 0. The van der Waals surface area contributed by atoms with Crippen molar-refractivity contribution in [2.45, 2.75) is 39.5 Å². The molecular weight excluding hydrogens is 343 g/mol. The molecule has 0 radical (unpaired) electrons. The van der Waals surface area contributed by atoms with Crippen molar-refractivity contribution >= 4 is 5.91 Å². The second-order valence-corrected chi connectivity index (χ2v) is 7.58. The van der Waals surface area contributed by atoms with Crippen molar-refractivity contribution in [1.29, 1.82) is 0 Å². The maximum atomic E-state index is 13.8. The van der Waals surface area contributed by atoms with Crippen LogP contribution in [-0.4, -0.2) is 28.5 Å². The van der Waals surface area contributed by atoms with Crippen LogP contribution < -0.4 is 5.56 Å². The van der Waals surface area contributed by atoms with Crippen LogP contribution in [-0.2, 0) is 13.5 Å². The van der Waals surface area contributed by atoms with Gasteiger partial charge in [0, 0.05) is 25.8 Å². The zero-order valence-corrected chi connectivity index (χ0v) is 16.3. The Hall–Kier alpha value is -2.43. The lowest BCUT2D eigenvalue weighted by Crippen LogP contribution is -2.42. The van der Waals surface area contributed by atoms with E-state index >= 15 is 0 Å². The normalized spacial score (nSPS) is 17.2. The van der Waals surface area contributed by atoms with Crippen LogP contribution in [0.1, 0.15) is 46.4 Å². The lowest BCUT2D eigenvalue weighted by molar-refractivity contribution is 0.0665. The summed E-state index contributed by atoms with van der Waals surface area (Å²) in [6.07, 6.45) is 3.46. The number of piperidine rings is 1. The number of carbonyl (C=O) groups excluding carboxylic acids is 1. The van der Waals surface area contributed by atoms with Crippen molar-refractivity contribution in [3.05, 3.63) is 68.9 Å². The number of rotatable bonds is 4. The van der Waals surface area contributed by atoms with Crippen LogP contribution in [0.5, 0.6) is 0 Å². The molecule has 1 aromatic carbocycles. The van der Waals surface area contributed by atoms with Crippen molar-refractivity contribution in [3.63, 3.8) is 0 Å². The molecule has 1 saturated heterocycles. The van der Waals surface area contributed by atoms with E-state index in [1.54, 1.807) is 28.6 Å². The van der Waals surface area contributed by atoms with Crippen molar-refractivity contribution in [2.75, 3.05) is 13.1 Å². The molecule has 2 heterocycles.